The topological polar surface area (TPSA) is 61.5 Å². The van der Waals surface area contributed by atoms with E-state index in [1.165, 1.54) is 0 Å². The van der Waals surface area contributed by atoms with Gasteiger partial charge in [0.25, 0.3) is 0 Å². The zero-order valence-electron chi connectivity index (χ0n) is 10.5. The van der Waals surface area contributed by atoms with Gasteiger partial charge in [-0.1, -0.05) is 12.1 Å². The fourth-order valence-corrected chi connectivity index (χ4v) is 1.36. The average Bonchev–Trinajstić information content (AvgIpc) is 2.28. The molecule has 1 aromatic carbocycles. The second-order valence-electron chi connectivity index (χ2n) is 4.39. The number of ketones is 1. The first-order valence-electron chi connectivity index (χ1n) is 5.51. The number of nitrogens with two attached hydrogens (primary N) is 1. The smallest absolute Gasteiger partial charge is 0.185 e. The van der Waals surface area contributed by atoms with Crippen molar-refractivity contribution in [3.05, 3.63) is 29.8 Å². The summed E-state index contributed by atoms with van der Waals surface area (Å²) in [4.78, 5) is 12.1. The molecule has 0 saturated carbocycles. The number of para-hydroxylation sites is 1. The van der Waals surface area contributed by atoms with Gasteiger partial charge in [-0.25, -0.2) is 0 Å². The number of carbonyl (C=O) groups excluding carboxylic acids is 1. The predicted molar refractivity (Wildman–Crippen MR) is 66.4 cm³/mol. The van der Waals surface area contributed by atoms with Gasteiger partial charge < -0.3 is 15.2 Å². The molecule has 0 unspecified atom stereocenters. The molecule has 0 bridgehead atoms. The summed E-state index contributed by atoms with van der Waals surface area (Å²) in [6.07, 6.45) is 0. The van der Waals surface area contributed by atoms with Crippen molar-refractivity contribution in [2.24, 2.45) is 5.73 Å². The van der Waals surface area contributed by atoms with Gasteiger partial charge in [0.15, 0.2) is 5.78 Å². The van der Waals surface area contributed by atoms with Crippen LogP contribution in [0.1, 0.15) is 24.2 Å². The zero-order chi connectivity index (χ0) is 12.9. The fourth-order valence-electron chi connectivity index (χ4n) is 1.36. The van der Waals surface area contributed by atoms with Crippen LogP contribution in [-0.2, 0) is 4.74 Å². The van der Waals surface area contributed by atoms with E-state index < -0.39 is 5.54 Å². The molecule has 4 heteroatoms. The molecule has 0 amide bonds. The van der Waals surface area contributed by atoms with E-state index >= 15 is 0 Å². The molecule has 0 fully saturated rings. The third-order valence-corrected chi connectivity index (χ3v) is 2.26. The van der Waals surface area contributed by atoms with E-state index in [2.05, 4.69) is 0 Å². The zero-order valence-corrected chi connectivity index (χ0v) is 10.5. The van der Waals surface area contributed by atoms with Crippen molar-refractivity contribution in [1.29, 1.82) is 0 Å². The van der Waals surface area contributed by atoms with Crippen LogP contribution in [0.15, 0.2) is 24.3 Å². The molecule has 4 nitrogen and oxygen atoms in total. The van der Waals surface area contributed by atoms with Gasteiger partial charge in [-0.15, -0.1) is 0 Å². The van der Waals surface area contributed by atoms with Gasteiger partial charge in [0.2, 0.25) is 0 Å². The third kappa shape index (κ3) is 3.84. The van der Waals surface area contributed by atoms with Crippen LogP contribution in [0.3, 0.4) is 0 Å². The van der Waals surface area contributed by atoms with Crippen LogP contribution in [0.2, 0.25) is 0 Å². The Balaban J connectivity index is 2.88. The summed E-state index contributed by atoms with van der Waals surface area (Å²) >= 11 is 0. The monoisotopic (exact) mass is 237 g/mol. The molecule has 1 aromatic rings. The summed E-state index contributed by atoms with van der Waals surface area (Å²) in [5, 5.41) is 0. The molecular formula is C13H19NO3. The first-order chi connectivity index (χ1) is 7.96. The molecular weight excluding hydrogens is 218 g/mol. The molecule has 0 atom stereocenters. The van der Waals surface area contributed by atoms with Crippen LogP contribution in [0, 0.1) is 0 Å². The molecule has 0 radical (unpaired) electrons. The summed E-state index contributed by atoms with van der Waals surface area (Å²) in [5.74, 6) is 0.415. The molecule has 0 aliphatic carbocycles. The highest BCUT2D eigenvalue weighted by atomic mass is 16.5. The average molecular weight is 237 g/mol. The van der Waals surface area contributed by atoms with Crippen LogP contribution in [-0.4, -0.2) is 31.6 Å². The van der Waals surface area contributed by atoms with E-state index in [1.807, 2.05) is 6.07 Å². The maximum absolute atomic E-state index is 12.1. The number of ether oxygens (including phenoxy) is 2. The molecule has 0 aliphatic heterocycles. The summed E-state index contributed by atoms with van der Waals surface area (Å²) in [5.41, 5.74) is 5.41. The molecule has 0 saturated heterocycles. The number of rotatable bonds is 6. The Labute approximate surface area is 102 Å². The van der Waals surface area contributed by atoms with Gasteiger partial charge in [0.1, 0.15) is 12.4 Å². The number of hydrogen-bond acceptors (Lipinski definition) is 4. The standard InChI is InChI=1S/C13H19NO3/c1-13(2,14)12(15)10-6-4-5-7-11(10)17-9-8-16-3/h4-7H,8-9,14H2,1-3H3. The van der Waals surface area contributed by atoms with Crippen molar-refractivity contribution in [3.63, 3.8) is 0 Å². The molecule has 17 heavy (non-hydrogen) atoms. The number of carbonyl (C=O) groups is 1. The number of benzene rings is 1. The first-order valence-corrected chi connectivity index (χ1v) is 5.51. The van der Waals surface area contributed by atoms with Gasteiger partial charge in [-0.2, -0.15) is 0 Å². The lowest BCUT2D eigenvalue weighted by Crippen LogP contribution is -2.41. The quantitative estimate of drug-likeness (QED) is 0.603. The van der Waals surface area contributed by atoms with E-state index in [0.29, 0.717) is 24.5 Å². The number of Topliss-reactive ketones (excluding diaryl/α,β-unsaturated/α-hetero) is 1. The lowest BCUT2D eigenvalue weighted by atomic mass is 9.94. The Morgan fingerprint density at radius 2 is 1.94 bits per heavy atom. The highest BCUT2D eigenvalue weighted by Crippen LogP contribution is 2.22. The maximum Gasteiger partial charge on any atom is 0.185 e. The SMILES string of the molecule is COCCOc1ccccc1C(=O)C(C)(C)N. The van der Waals surface area contributed by atoms with Crippen molar-refractivity contribution < 1.29 is 14.3 Å². The van der Waals surface area contributed by atoms with Crippen LogP contribution in [0.4, 0.5) is 0 Å². The molecule has 1 rings (SSSR count). The fraction of sp³-hybridized carbons (Fsp3) is 0.462. The van der Waals surface area contributed by atoms with Crippen molar-refractivity contribution in [3.8, 4) is 5.75 Å². The van der Waals surface area contributed by atoms with E-state index in [-0.39, 0.29) is 5.78 Å². The predicted octanol–water partition coefficient (Wildman–Crippen LogP) is 1.63. The first kappa shape index (κ1) is 13.7. The van der Waals surface area contributed by atoms with Gasteiger partial charge in [0.05, 0.1) is 17.7 Å². The summed E-state index contributed by atoms with van der Waals surface area (Å²) in [7, 11) is 1.60. The molecule has 0 aromatic heterocycles. The molecule has 0 heterocycles. The van der Waals surface area contributed by atoms with Crippen molar-refractivity contribution >= 4 is 5.78 Å². The van der Waals surface area contributed by atoms with E-state index in [1.54, 1.807) is 39.2 Å². The van der Waals surface area contributed by atoms with Crippen molar-refractivity contribution in [2.75, 3.05) is 20.3 Å². The Kier molecular flexibility index (Phi) is 4.66. The second-order valence-corrected chi connectivity index (χ2v) is 4.39. The lowest BCUT2D eigenvalue weighted by molar-refractivity contribution is 0.0906. The largest absolute Gasteiger partial charge is 0.490 e. The molecule has 2 N–H and O–H groups in total. The second kappa shape index (κ2) is 5.80. The highest BCUT2D eigenvalue weighted by Gasteiger charge is 2.25. The third-order valence-electron chi connectivity index (χ3n) is 2.26. The van der Waals surface area contributed by atoms with Gasteiger partial charge in [-0.3, -0.25) is 4.79 Å². The van der Waals surface area contributed by atoms with Gasteiger partial charge in [-0.05, 0) is 26.0 Å². The van der Waals surface area contributed by atoms with E-state index in [0.717, 1.165) is 0 Å². The lowest BCUT2D eigenvalue weighted by Gasteiger charge is -2.19. The van der Waals surface area contributed by atoms with E-state index in [4.69, 9.17) is 15.2 Å². The summed E-state index contributed by atoms with van der Waals surface area (Å²) in [6.45, 7) is 4.25. The Bertz CT molecular complexity index is 382. The molecule has 0 aliphatic rings. The maximum atomic E-state index is 12.1. The Morgan fingerprint density at radius 1 is 1.29 bits per heavy atom. The van der Waals surface area contributed by atoms with E-state index in [9.17, 15) is 4.79 Å². The van der Waals surface area contributed by atoms with Crippen LogP contribution in [0.25, 0.3) is 0 Å². The molecule has 0 spiro atoms. The van der Waals surface area contributed by atoms with Gasteiger partial charge >= 0.3 is 0 Å². The normalized spacial score (nSPS) is 11.3. The van der Waals surface area contributed by atoms with Gasteiger partial charge in [0, 0.05) is 7.11 Å². The number of hydrogen-bond donors (Lipinski definition) is 1. The minimum Gasteiger partial charge on any atom is -0.490 e. The van der Waals surface area contributed by atoms with Crippen LogP contribution in [0.5, 0.6) is 5.75 Å². The van der Waals surface area contributed by atoms with Crippen LogP contribution < -0.4 is 10.5 Å². The summed E-state index contributed by atoms with van der Waals surface area (Å²) in [6, 6.07) is 7.10. The minimum atomic E-state index is -0.902. The Morgan fingerprint density at radius 3 is 2.53 bits per heavy atom. The van der Waals surface area contributed by atoms with Crippen molar-refractivity contribution in [1.82, 2.24) is 0 Å². The van der Waals surface area contributed by atoms with Crippen molar-refractivity contribution in [2.45, 2.75) is 19.4 Å². The molecule has 94 valence electrons. The Hall–Kier alpha value is -1.39. The number of methoxy groups -OCH3 is 1. The highest BCUT2D eigenvalue weighted by molar-refractivity contribution is 6.04. The van der Waals surface area contributed by atoms with Crippen LogP contribution >= 0.6 is 0 Å². The summed E-state index contributed by atoms with van der Waals surface area (Å²) < 4.78 is 10.4. The minimum absolute atomic E-state index is 0.134.